The van der Waals surface area contributed by atoms with Crippen molar-refractivity contribution in [2.24, 2.45) is 0 Å². The fourth-order valence-electron chi connectivity index (χ4n) is 3.59. The van der Waals surface area contributed by atoms with Crippen LogP contribution in [0.5, 0.6) is 0 Å². The van der Waals surface area contributed by atoms with E-state index in [-0.39, 0.29) is 27.8 Å². The van der Waals surface area contributed by atoms with E-state index < -0.39 is 17.6 Å². The SMILES string of the molecule is CC(=O)c1ccc2c(c1)CCN2C(=O)c1c(C)nc2c(Cl)cc(C(F)(F)F)cn12. The first kappa shape index (κ1) is 19.4. The van der Waals surface area contributed by atoms with Crippen LogP contribution in [0.25, 0.3) is 5.65 Å². The zero-order chi connectivity index (χ0) is 21.1. The van der Waals surface area contributed by atoms with E-state index in [9.17, 15) is 22.8 Å². The molecule has 5 nitrogen and oxygen atoms in total. The summed E-state index contributed by atoms with van der Waals surface area (Å²) in [4.78, 5) is 30.5. The van der Waals surface area contributed by atoms with Gasteiger partial charge >= 0.3 is 6.18 Å². The molecule has 3 heterocycles. The van der Waals surface area contributed by atoms with E-state index in [4.69, 9.17) is 11.6 Å². The first-order chi connectivity index (χ1) is 13.6. The van der Waals surface area contributed by atoms with Gasteiger partial charge in [-0.15, -0.1) is 0 Å². The molecule has 0 fully saturated rings. The van der Waals surface area contributed by atoms with E-state index >= 15 is 0 Å². The summed E-state index contributed by atoms with van der Waals surface area (Å²) >= 11 is 6.01. The second kappa shape index (κ2) is 6.59. The number of alkyl halides is 3. The molecule has 0 aliphatic carbocycles. The van der Waals surface area contributed by atoms with Gasteiger partial charge in [-0.2, -0.15) is 13.2 Å². The zero-order valence-electron chi connectivity index (χ0n) is 15.5. The summed E-state index contributed by atoms with van der Waals surface area (Å²) in [6, 6.07) is 5.85. The van der Waals surface area contributed by atoms with Gasteiger partial charge in [-0.1, -0.05) is 11.6 Å². The van der Waals surface area contributed by atoms with E-state index in [2.05, 4.69) is 4.98 Å². The molecule has 0 N–H and O–H groups in total. The number of anilines is 1. The standard InChI is InChI=1S/C20H15ClF3N3O2/c1-10-17(27-9-14(20(22,23)24)8-15(21)18(27)25-10)19(29)26-6-5-13-7-12(11(2)28)3-4-16(13)26/h3-4,7-9H,5-6H2,1-2H3. The molecule has 1 aliphatic rings. The Morgan fingerprint density at radius 3 is 2.59 bits per heavy atom. The van der Waals surface area contributed by atoms with Crippen molar-refractivity contribution >= 4 is 34.6 Å². The number of carbonyl (C=O) groups is 2. The van der Waals surface area contributed by atoms with Crippen molar-refractivity contribution in [1.82, 2.24) is 9.38 Å². The van der Waals surface area contributed by atoms with Crippen LogP contribution in [0.2, 0.25) is 5.02 Å². The van der Waals surface area contributed by atoms with Crippen molar-refractivity contribution in [2.45, 2.75) is 26.4 Å². The van der Waals surface area contributed by atoms with Crippen molar-refractivity contribution in [3.05, 3.63) is 63.6 Å². The lowest BCUT2D eigenvalue weighted by Gasteiger charge is -2.18. The molecule has 4 rings (SSSR count). The van der Waals surface area contributed by atoms with Crippen molar-refractivity contribution in [3.63, 3.8) is 0 Å². The molecular weight excluding hydrogens is 407 g/mol. The molecule has 0 bridgehead atoms. The maximum atomic E-state index is 13.3. The third kappa shape index (κ3) is 3.17. The molecular formula is C20H15ClF3N3O2. The molecule has 0 saturated carbocycles. The van der Waals surface area contributed by atoms with Crippen LogP contribution in [0.3, 0.4) is 0 Å². The number of fused-ring (bicyclic) bond motifs is 2. The Morgan fingerprint density at radius 2 is 1.93 bits per heavy atom. The number of carbonyl (C=O) groups excluding carboxylic acids is 2. The van der Waals surface area contributed by atoms with E-state index in [1.807, 2.05) is 0 Å². The molecule has 9 heteroatoms. The number of Topliss-reactive ketones (excluding diaryl/α,β-unsaturated/α-hetero) is 1. The molecule has 150 valence electrons. The fraction of sp³-hybridized carbons (Fsp3) is 0.250. The Hall–Kier alpha value is -2.87. The molecule has 0 unspecified atom stereocenters. The monoisotopic (exact) mass is 421 g/mol. The number of hydrogen-bond acceptors (Lipinski definition) is 3. The number of aromatic nitrogens is 2. The minimum Gasteiger partial charge on any atom is -0.306 e. The highest BCUT2D eigenvalue weighted by atomic mass is 35.5. The van der Waals surface area contributed by atoms with Crippen LogP contribution in [0.1, 0.15) is 44.6 Å². The van der Waals surface area contributed by atoms with Crippen molar-refractivity contribution in [3.8, 4) is 0 Å². The summed E-state index contributed by atoms with van der Waals surface area (Å²) in [5, 5.41) is -0.185. The van der Waals surface area contributed by atoms with Crippen LogP contribution in [-0.2, 0) is 12.6 Å². The van der Waals surface area contributed by atoms with Crippen molar-refractivity contribution in [2.75, 3.05) is 11.4 Å². The number of ketones is 1. The van der Waals surface area contributed by atoms with Gasteiger partial charge in [0.2, 0.25) is 0 Å². The van der Waals surface area contributed by atoms with Gasteiger partial charge in [0.1, 0.15) is 5.69 Å². The van der Waals surface area contributed by atoms with Gasteiger partial charge in [0, 0.05) is 24.0 Å². The normalized spacial score (nSPS) is 13.8. The topological polar surface area (TPSA) is 54.7 Å². The van der Waals surface area contributed by atoms with Gasteiger partial charge in [0.25, 0.3) is 5.91 Å². The number of nitrogens with zero attached hydrogens (tertiary/aromatic N) is 3. The lowest BCUT2D eigenvalue weighted by Crippen LogP contribution is -2.30. The van der Waals surface area contributed by atoms with E-state index in [0.717, 1.165) is 22.2 Å². The summed E-state index contributed by atoms with van der Waals surface area (Å²) in [5.74, 6) is -0.552. The van der Waals surface area contributed by atoms with Gasteiger partial charge in [-0.05, 0) is 50.1 Å². The lowest BCUT2D eigenvalue weighted by atomic mass is 10.1. The predicted molar refractivity (Wildman–Crippen MR) is 102 cm³/mol. The molecule has 3 aromatic rings. The van der Waals surface area contributed by atoms with Gasteiger partial charge < -0.3 is 4.90 Å². The van der Waals surface area contributed by atoms with Crippen LogP contribution in [0, 0.1) is 6.92 Å². The number of halogens is 4. The Bertz CT molecular complexity index is 1180. The van der Waals surface area contributed by atoms with Gasteiger partial charge in [-0.25, -0.2) is 4.98 Å². The molecule has 2 aromatic heterocycles. The average molecular weight is 422 g/mol. The van der Waals surface area contributed by atoms with Crippen molar-refractivity contribution in [1.29, 1.82) is 0 Å². The lowest BCUT2D eigenvalue weighted by molar-refractivity contribution is -0.137. The largest absolute Gasteiger partial charge is 0.417 e. The Labute approximate surface area is 168 Å². The maximum absolute atomic E-state index is 13.3. The minimum atomic E-state index is -4.61. The number of imidazole rings is 1. The molecule has 1 aliphatic heterocycles. The zero-order valence-corrected chi connectivity index (χ0v) is 16.2. The second-order valence-electron chi connectivity index (χ2n) is 6.92. The highest BCUT2D eigenvalue weighted by Crippen LogP contribution is 2.35. The van der Waals surface area contributed by atoms with Crippen LogP contribution in [0.15, 0.2) is 30.5 Å². The summed E-state index contributed by atoms with van der Waals surface area (Å²) < 4.78 is 40.8. The van der Waals surface area contributed by atoms with Crippen LogP contribution in [-0.4, -0.2) is 27.6 Å². The van der Waals surface area contributed by atoms with E-state index in [1.54, 1.807) is 25.1 Å². The van der Waals surface area contributed by atoms with E-state index in [0.29, 0.717) is 24.2 Å². The van der Waals surface area contributed by atoms with Crippen LogP contribution in [0.4, 0.5) is 18.9 Å². The van der Waals surface area contributed by atoms with Crippen LogP contribution >= 0.6 is 11.6 Å². The number of rotatable bonds is 2. The Morgan fingerprint density at radius 1 is 1.21 bits per heavy atom. The Kier molecular flexibility index (Phi) is 4.42. The molecule has 1 amide bonds. The quantitative estimate of drug-likeness (QED) is 0.562. The number of pyridine rings is 1. The molecule has 0 atom stereocenters. The number of benzene rings is 1. The van der Waals surface area contributed by atoms with Gasteiger partial charge in [-0.3, -0.25) is 14.0 Å². The van der Waals surface area contributed by atoms with Crippen LogP contribution < -0.4 is 4.90 Å². The smallest absolute Gasteiger partial charge is 0.306 e. The number of amides is 1. The first-order valence-electron chi connectivity index (χ1n) is 8.79. The Balaban J connectivity index is 1.82. The summed E-state index contributed by atoms with van der Waals surface area (Å²) in [5.41, 5.74) is 1.45. The van der Waals surface area contributed by atoms with Gasteiger partial charge in [0.05, 0.1) is 16.3 Å². The number of hydrogen-bond donors (Lipinski definition) is 0. The van der Waals surface area contributed by atoms with Gasteiger partial charge in [0.15, 0.2) is 11.4 Å². The number of aryl methyl sites for hydroxylation is 1. The van der Waals surface area contributed by atoms with E-state index in [1.165, 1.54) is 11.8 Å². The highest BCUT2D eigenvalue weighted by molar-refractivity contribution is 6.33. The van der Waals surface area contributed by atoms with Crippen molar-refractivity contribution < 1.29 is 22.8 Å². The molecule has 1 aromatic carbocycles. The summed E-state index contributed by atoms with van der Waals surface area (Å²) in [6.07, 6.45) is -3.23. The third-order valence-corrected chi connectivity index (χ3v) is 5.28. The average Bonchev–Trinajstić information content (AvgIpc) is 3.20. The molecule has 29 heavy (non-hydrogen) atoms. The molecule has 0 saturated heterocycles. The first-order valence-corrected chi connectivity index (χ1v) is 9.17. The molecule has 0 spiro atoms. The maximum Gasteiger partial charge on any atom is 0.417 e. The molecule has 0 radical (unpaired) electrons. The summed E-state index contributed by atoms with van der Waals surface area (Å²) in [6.45, 7) is 3.37. The fourth-order valence-corrected chi connectivity index (χ4v) is 3.84. The summed E-state index contributed by atoms with van der Waals surface area (Å²) in [7, 11) is 0. The highest BCUT2D eigenvalue weighted by Gasteiger charge is 2.34. The predicted octanol–water partition coefficient (Wildman–Crippen LogP) is 4.72. The second-order valence-corrected chi connectivity index (χ2v) is 7.33. The minimum absolute atomic E-state index is 0.0245. The third-order valence-electron chi connectivity index (χ3n) is 5.01.